The number of hydrogen-bond donors (Lipinski definition) is 1. The lowest BCUT2D eigenvalue weighted by Gasteiger charge is -2.24. The van der Waals surface area contributed by atoms with E-state index in [1.54, 1.807) is 13.2 Å². The molecule has 0 radical (unpaired) electrons. The molecule has 0 aliphatic carbocycles. The van der Waals surface area contributed by atoms with Crippen LogP contribution in [0.3, 0.4) is 0 Å². The Morgan fingerprint density at radius 3 is 2.89 bits per heavy atom. The fourth-order valence-electron chi connectivity index (χ4n) is 3.12. The van der Waals surface area contributed by atoms with Crippen molar-refractivity contribution in [3.05, 3.63) is 28.8 Å². The van der Waals surface area contributed by atoms with Crippen molar-refractivity contribution < 1.29 is 14.6 Å². The molecule has 2 aliphatic rings. The van der Waals surface area contributed by atoms with Crippen molar-refractivity contribution in [1.29, 1.82) is 0 Å². The Labute approximate surface area is 112 Å². The molecule has 1 N–H and O–H groups in total. The lowest BCUT2D eigenvalue weighted by atomic mass is 9.82. The van der Waals surface area contributed by atoms with Crippen LogP contribution >= 0.6 is 11.6 Å². The van der Waals surface area contributed by atoms with E-state index in [0.29, 0.717) is 16.9 Å². The molecule has 18 heavy (non-hydrogen) atoms. The summed E-state index contributed by atoms with van der Waals surface area (Å²) < 4.78 is 11.0. The number of aliphatic hydroxyl groups excluding tert-OH is 1. The maximum atomic E-state index is 10.5. The van der Waals surface area contributed by atoms with Gasteiger partial charge in [0.1, 0.15) is 5.75 Å². The molecule has 0 spiro atoms. The fourth-order valence-corrected chi connectivity index (χ4v) is 3.31. The second kappa shape index (κ2) is 4.72. The molecule has 2 heterocycles. The Morgan fingerprint density at radius 2 is 2.28 bits per heavy atom. The quantitative estimate of drug-likeness (QED) is 0.916. The summed E-state index contributed by atoms with van der Waals surface area (Å²) in [5.74, 6) is 0.812. The van der Waals surface area contributed by atoms with Gasteiger partial charge in [0, 0.05) is 5.92 Å². The van der Waals surface area contributed by atoms with Gasteiger partial charge in [-0.05, 0) is 37.0 Å². The summed E-state index contributed by atoms with van der Waals surface area (Å²) in [7, 11) is 1.58. The van der Waals surface area contributed by atoms with Gasteiger partial charge in [0.05, 0.1) is 30.4 Å². The molecule has 4 heteroatoms. The van der Waals surface area contributed by atoms with Gasteiger partial charge in [0.15, 0.2) is 0 Å². The van der Waals surface area contributed by atoms with Gasteiger partial charge in [0.25, 0.3) is 0 Å². The van der Waals surface area contributed by atoms with E-state index in [1.165, 1.54) is 0 Å². The molecule has 3 rings (SSSR count). The van der Waals surface area contributed by atoms with Crippen LogP contribution in [-0.2, 0) is 4.74 Å². The first-order chi connectivity index (χ1) is 8.69. The number of halogens is 1. The fraction of sp³-hybridized carbons (Fsp3) is 0.571. The average molecular weight is 269 g/mol. The van der Waals surface area contributed by atoms with Gasteiger partial charge in [-0.2, -0.15) is 0 Å². The Morgan fingerprint density at radius 1 is 1.44 bits per heavy atom. The summed E-state index contributed by atoms with van der Waals surface area (Å²) in [6.07, 6.45) is 3.23. The zero-order chi connectivity index (χ0) is 12.7. The number of hydrogen-bond acceptors (Lipinski definition) is 3. The Hall–Kier alpha value is -0.770. The molecule has 4 unspecified atom stereocenters. The molecule has 1 aromatic rings. The third-order valence-electron chi connectivity index (χ3n) is 4.08. The lowest BCUT2D eigenvalue weighted by Crippen LogP contribution is -2.23. The Bertz CT molecular complexity index is 449. The van der Waals surface area contributed by atoms with Gasteiger partial charge in [-0.25, -0.2) is 0 Å². The number of methoxy groups -OCH3 is 1. The number of aliphatic hydroxyl groups is 1. The zero-order valence-corrected chi connectivity index (χ0v) is 11.1. The van der Waals surface area contributed by atoms with E-state index in [0.717, 1.165) is 24.8 Å². The number of benzene rings is 1. The van der Waals surface area contributed by atoms with Crippen LogP contribution in [0.2, 0.25) is 5.02 Å². The molecule has 1 aromatic carbocycles. The molecule has 3 nitrogen and oxygen atoms in total. The molecule has 2 aliphatic heterocycles. The van der Waals surface area contributed by atoms with Gasteiger partial charge in [-0.1, -0.05) is 17.7 Å². The summed E-state index contributed by atoms with van der Waals surface area (Å²) in [5.41, 5.74) is 0.859. The van der Waals surface area contributed by atoms with E-state index in [-0.39, 0.29) is 12.0 Å². The highest BCUT2D eigenvalue weighted by molar-refractivity contribution is 6.32. The minimum atomic E-state index is -0.494. The molecular formula is C14H17ClO3. The Balaban J connectivity index is 1.82. The Kier molecular flexibility index (Phi) is 3.22. The first-order valence-electron chi connectivity index (χ1n) is 6.36. The highest BCUT2D eigenvalue weighted by atomic mass is 35.5. The van der Waals surface area contributed by atoms with E-state index >= 15 is 0 Å². The molecule has 0 aromatic heterocycles. The standard InChI is InChI=1S/C14H17ClO3/c1-17-13-6-8(2-4-11(13)15)14(16)10-7-9-3-5-12(10)18-9/h2,4,6,9-10,12,14,16H,3,5,7H2,1H3. The normalized spacial score (nSPS) is 31.6. The first-order valence-corrected chi connectivity index (χ1v) is 6.74. The van der Waals surface area contributed by atoms with Crippen LogP contribution in [0.15, 0.2) is 18.2 Å². The maximum absolute atomic E-state index is 10.5. The highest BCUT2D eigenvalue weighted by Gasteiger charge is 2.44. The van der Waals surface area contributed by atoms with E-state index in [9.17, 15) is 5.11 Å². The van der Waals surface area contributed by atoms with Gasteiger partial charge >= 0.3 is 0 Å². The third kappa shape index (κ3) is 2.00. The van der Waals surface area contributed by atoms with Gasteiger partial charge < -0.3 is 14.6 Å². The van der Waals surface area contributed by atoms with Crippen LogP contribution in [0.1, 0.15) is 30.9 Å². The largest absolute Gasteiger partial charge is 0.495 e. The number of ether oxygens (including phenoxy) is 2. The predicted octanol–water partition coefficient (Wildman–Crippen LogP) is 2.95. The number of rotatable bonds is 3. The van der Waals surface area contributed by atoms with Crippen molar-refractivity contribution in [3.8, 4) is 5.75 Å². The lowest BCUT2D eigenvalue weighted by molar-refractivity contribution is 0.0422. The van der Waals surface area contributed by atoms with Crippen molar-refractivity contribution in [2.24, 2.45) is 5.92 Å². The summed E-state index contributed by atoms with van der Waals surface area (Å²) >= 11 is 5.99. The molecular weight excluding hydrogens is 252 g/mol. The van der Waals surface area contributed by atoms with Crippen LogP contribution in [-0.4, -0.2) is 24.4 Å². The van der Waals surface area contributed by atoms with Gasteiger partial charge in [-0.15, -0.1) is 0 Å². The topological polar surface area (TPSA) is 38.7 Å². The monoisotopic (exact) mass is 268 g/mol. The van der Waals surface area contributed by atoms with Crippen LogP contribution in [0.5, 0.6) is 5.75 Å². The summed E-state index contributed by atoms with van der Waals surface area (Å²) in [6.45, 7) is 0. The van der Waals surface area contributed by atoms with Gasteiger partial charge in [0.2, 0.25) is 0 Å². The van der Waals surface area contributed by atoms with Crippen LogP contribution in [0, 0.1) is 5.92 Å². The molecule has 0 amide bonds. The molecule has 2 saturated heterocycles. The summed E-state index contributed by atoms with van der Waals surface area (Å²) in [5, 5.41) is 11.0. The second-order valence-electron chi connectivity index (χ2n) is 5.11. The minimum absolute atomic E-state index is 0.203. The van der Waals surface area contributed by atoms with E-state index < -0.39 is 6.10 Å². The average Bonchev–Trinajstić information content (AvgIpc) is 3.00. The number of fused-ring (bicyclic) bond motifs is 2. The molecule has 0 saturated carbocycles. The van der Waals surface area contributed by atoms with Crippen molar-refractivity contribution in [1.82, 2.24) is 0 Å². The van der Waals surface area contributed by atoms with E-state index in [2.05, 4.69) is 0 Å². The highest BCUT2D eigenvalue weighted by Crippen LogP contribution is 2.45. The zero-order valence-electron chi connectivity index (χ0n) is 10.3. The van der Waals surface area contributed by atoms with Gasteiger partial charge in [-0.3, -0.25) is 0 Å². The van der Waals surface area contributed by atoms with Crippen molar-refractivity contribution in [2.75, 3.05) is 7.11 Å². The predicted molar refractivity (Wildman–Crippen MR) is 69.0 cm³/mol. The van der Waals surface area contributed by atoms with Crippen molar-refractivity contribution >= 4 is 11.6 Å². The molecule has 2 bridgehead atoms. The molecule has 98 valence electrons. The smallest absolute Gasteiger partial charge is 0.137 e. The second-order valence-corrected chi connectivity index (χ2v) is 5.52. The molecule has 4 atom stereocenters. The maximum Gasteiger partial charge on any atom is 0.137 e. The van der Waals surface area contributed by atoms with E-state index in [1.807, 2.05) is 12.1 Å². The summed E-state index contributed by atoms with van der Waals surface area (Å²) in [6, 6.07) is 5.45. The van der Waals surface area contributed by atoms with Crippen molar-refractivity contribution in [2.45, 2.75) is 37.6 Å². The van der Waals surface area contributed by atoms with Crippen LogP contribution in [0.4, 0.5) is 0 Å². The summed E-state index contributed by atoms with van der Waals surface area (Å²) in [4.78, 5) is 0. The molecule has 2 fully saturated rings. The first kappa shape index (κ1) is 12.3. The minimum Gasteiger partial charge on any atom is -0.495 e. The van der Waals surface area contributed by atoms with Crippen LogP contribution in [0.25, 0.3) is 0 Å². The SMILES string of the molecule is COc1cc(C(O)C2CC3CCC2O3)ccc1Cl. The van der Waals surface area contributed by atoms with E-state index in [4.69, 9.17) is 21.1 Å². The van der Waals surface area contributed by atoms with Crippen molar-refractivity contribution in [3.63, 3.8) is 0 Å². The third-order valence-corrected chi connectivity index (χ3v) is 4.39. The van der Waals surface area contributed by atoms with Crippen LogP contribution < -0.4 is 4.74 Å².